The molecular weight excluding hydrogens is 327 g/mol. The fraction of sp³-hybridized carbons (Fsp3) is 0.294. The fourth-order valence-corrected chi connectivity index (χ4v) is 2.63. The number of carbonyl (C=O) groups excluding carboxylic acids is 2. The third kappa shape index (κ3) is 3.90. The summed E-state index contributed by atoms with van der Waals surface area (Å²) in [6.07, 6.45) is 2.56. The summed E-state index contributed by atoms with van der Waals surface area (Å²) >= 11 is 0. The van der Waals surface area contributed by atoms with Crippen molar-refractivity contribution in [1.82, 2.24) is 14.9 Å². The van der Waals surface area contributed by atoms with Crippen LogP contribution in [0.25, 0.3) is 11.3 Å². The number of methoxy groups -OCH3 is 1. The van der Waals surface area contributed by atoms with Crippen molar-refractivity contribution in [3.63, 3.8) is 0 Å². The number of carbonyl (C=O) groups is 2. The van der Waals surface area contributed by atoms with Crippen molar-refractivity contribution >= 4 is 17.6 Å². The van der Waals surface area contributed by atoms with E-state index in [9.17, 15) is 14.0 Å². The first-order valence-corrected chi connectivity index (χ1v) is 7.80. The Balaban J connectivity index is 1.73. The second-order valence-corrected chi connectivity index (χ2v) is 5.60. The predicted octanol–water partition coefficient (Wildman–Crippen LogP) is 1.85. The van der Waals surface area contributed by atoms with Crippen LogP contribution in [-0.4, -0.2) is 46.9 Å². The summed E-state index contributed by atoms with van der Waals surface area (Å²) in [5, 5.41) is 2.65. The molecule has 1 aliphatic heterocycles. The maximum Gasteiger partial charge on any atom is 0.245 e. The van der Waals surface area contributed by atoms with Gasteiger partial charge in [0.2, 0.25) is 11.8 Å². The summed E-state index contributed by atoms with van der Waals surface area (Å²) in [6.45, 7) is 0.596. The molecule has 1 saturated heterocycles. The third-order valence-electron chi connectivity index (χ3n) is 3.89. The molecule has 0 saturated carbocycles. The van der Waals surface area contributed by atoms with Crippen molar-refractivity contribution in [3.05, 3.63) is 36.4 Å². The number of nitrogens with zero attached hydrogens (tertiary/aromatic N) is 3. The molecule has 130 valence electrons. The molecule has 8 heteroatoms. The van der Waals surface area contributed by atoms with Crippen LogP contribution in [0.4, 0.5) is 10.2 Å². The number of benzene rings is 1. The number of likely N-dealkylation sites (tertiary alicyclic amines) is 1. The molecule has 3 rings (SSSR count). The van der Waals surface area contributed by atoms with Crippen LogP contribution in [0.5, 0.6) is 5.75 Å². The van der Waals surface area contributed by atoms with E-state index in [1.165, 1.54) is 30.5 Å². The highest BCUT2D eigenvalue weighted by Gasteiger charge is 2.22. The summed E-state index contributed by atoms with van der Waals surface area (Å²) in [5.41, 5.74) is 1.15. The number of hydrogen-bond acceptors (Lipinski definition) is 5. The predicted molar refractivity (Wildman–Crippen MR) is 88.4 cm³/mol. The zero-order valence-corrected chi connectivity index (χ0v) is 13.7. The molecule has 2 aromatic rings. The molecule has 0 bridgehead atoms. The van der Waals surface area contributed by atoms with Gasteiger partial charge in [-0.2, -0.15) is 0 Å². The normalized spacial score (nSPS) is 13.8. The summed E-state index contributed by atoms with van der Waals surface area (Å²) in [7, 11) is 1.38. The van der Waals surface area contributed by atoms with Crippen LogP contribution < -0.4 is 10.1 Å². The van der Waals surface area contributed by atoms with Crippen molar-refractivity contribution in [2.75, 3.05) is 25.5 Å². The highest BCUT2D eigenvalue weighted by Crippen LogP contribution is 2.25. The molecule has 0 atom stereocenters. The second kappa shape index (κ2) is 7.25. The molecule has 1 aromatic carbocycles. The zero-order chi connectivity index (χ0) is 17.8. The Kier molecular flexibility index (Phi) is 4.87. The Bertz CT molecular complexity index is 812. The van der Waals surface area contributed by atoms with Crippen LogP contribution in [-0.2, 0) is 9.59 Å². The Morgan fingerprint density at radius 2 is 2.20 bits per heavy atom. The number of rotatable bonds is 5. The summed E-state index contributed by atoms with van der Waals surface area (Å²) in [4.78, 5) is 33.3. The van der Waals surface area contributed by atoms with Gasteiger partial charge in [-0.25, -0.2) is 14.4 Å². The third-order valence-corrected chi connectivity index (χ3v) is 3.89. The maximum atomic E-state index is 13.5. The second-order valence-electron chi connectivity index (χ2n) is 5.60. The van der Waals surface area contributed by atoms with E-state index in [2.05, 4.69) is 15.3 Å². The lowest BCUT2D eigenvalue weighted by molar-refractivity contribution is -0.131. The smallest absolute Gasteiger partial charge is 0.245 e. The Hall–Kier alpha value is -3.03. The van der Waals surface area contributed by atoms with Crippen molar-refractivity contribution in [1.29, 1.82) is 0 Å². The van der Waals surface area contributed by atoms with E-state index in [0.717, 1.165) is 6.42 Å². The van der Waals surface area contributed by atoms with Gasteiger partial charge in [0.25, 0.3) is 0 Å². The topological polar surface area (TPSA) is 84.4 Å². The molecule has 0 unspecified atom stereocenters. The average Bonchev–Trinajstić information content (AvgIpc) is 3.00. The lowest BCUT2D eigenvalue weighted by atomic mass is 10.1. The van der Waals surface area contributed by atoms with Crippen LogP contribution >= 0.6 is 0 Å². The molecule has 0 spiro atoms. The number of ether oxygens (including phenoxy) is 1. The van der Waals surface area contributed by atoms with E-state index in [1.54, 1.807) is 12.1 Å². The van der Waals surface area contributed by atoms with Gasteiger partial charge >= 0.3 is 0 Å². The van der Waals surface area contributed by atoms with Gasteiger partial charge in [0, 0.05) is 24.6 Å². The van der Waals surface area contributed by atoms with Crippen LogP contribution in [0, 0.1) is 5.82 Å². The molecule has 0 radical (unpaired) electrons. The minimum atomic E-state index is -0.468. The monoisotopic (exact) mass is 344 g/mol. The zero-order valence-electron chi connectivity index (χ0n) is 13.7. The summed E-state index contributed by atoms with van der Waals surface area (Å²) < 4.78 is 18.5. The van der Waals surface area contributed by atoms with Crippen molar-refractivity contribution < 1.29 is 18.7 Å². The SMILES string of the molecule is COc1cc(-c2cc(NC(=O)CN3CCCC3=O)ncn2)ccc1F. The fourth-order valence-electron chi connectivity index (χ4n) is 2.63. The molecular formula is C17H17FN4O3. The quantitative estimate of drug-likeness (QED) is 0.895. The van der Waals surface area contributed by atoms with Crippen molar-refractivity contribution in [3.8, 4) is 17.0 Å². The molecule has 25 heavy (non-hydrogen) atoms. The molecule has 1 aliphatic rings. The van der Waals surface area contributed by atoms with Gasteiger partial charge in [0.15, 0.2) is 11.6 Å². The van der Waals surface area contributed by atoms with Crippen LogP contribution in [0.1, 0.15) is 12.8 Å². The lowest BCUT2D eigenvalue weighted by Gasteiger charge is -2.14. The molecule has 1 fully saturated rings. The first-order valence-electron chi connectivity index (χ1n) is 7.80. The number of amides is 2. The first-order chi connectivity index (χ1) is 12.1. The summed E-state index contributed by atoms with van der Waals surface area (Å²) in [6, 6.07) is 5.95. The van der Waals surface area contributed by atoms with E-state index < -0.39 is 5.82 Å². The van der Waals surface area contributed by atoms with Gasteiger partial charge in [-0.3, -0.25) is 9.59 Å². The number of anilines is 1. The number of aromatic nitrogens is 2. The Morgan fingerprint density at radius 1 is 1.36 bits per heavy atom. The van der Waals surface area contributed by atoms with E-state index in [0.29, 0.717) is 30.0 Å². The van der Waals surface area contributed by atoms with Gasteiger partial charge < -0.3 is 15.0 Å². The van der Waals surface area contributed by atoms with Crippen molar-refractivity contribution in [2.24, 2.45) is 0 Å². The Morgan fingerprint density at radius 3 is 2.92 bits per heavy atom. The Labute approximate surface area is 143 Å². The number of halogens is 1. The largest absolute Gasteiger partial charge is 0.494 e. The van der Waals surface area contributed by atoms with Gasteiger partial charge in [0.1, 0.15) is 12.1 Å². The molecule has 7 nitrogen and oxygen atoms in total. The minimum Gasteiger partial charge on any atom is -0.494 e. The van der Waals surface area contributed by atoms with E-state index in [1.807, 2.05) is 0 Å². The van der Waals surface area contributed by atoms with E-state index in [-0.39, 0.29) is 24.1 Å². The van der Waals surface area contributed by atoms with Gasteiger partial charge in [0.05, 0.1) is 19.3 Å². The number of hydrogen-bond donors (Lipinski definition) is 1. The highest BCUT2D eigenvalue weighted by molar-refractivity contribution is 5.94. The molecule has 2 heterocycles. The minimum absolute atomic E-state index is 0.00252. The van der Waals surface area contributed by atoms with Crippen LogP contribution in [0.15, 0.2) is 30.6 Å². The number of nitrogens with one attached hydrogen (secondary N) is 1. The molecule has 1 aromatic heterocycles. The van der Waals surface area contributed by atoms with Crippen LogP contribution in [0.2, 0.25) is 0 Å². The molecule has 1 N–H and O–H groups in total. The standard InChI is InChI=1S/C17H17FN4O3/c1-25-14-7-11(4-5-12(14)18)13-8-15(20-10-19-13)21-16(23)9-22-6-2-3-17(22)24/h4-5,7-8,10H,2-3,6,9H2,1H3,(H,19,20,21,23). The maximum absolute atomic E-state index is 13.5. The van der Waals surface area contributed by atoms with E-state index >= 15 is 0 Å². The first kappa shape index (κ1) is 16.8. The van der Waals surface area contributed by atoms with Gasteiger partial charge in [-0.15, -0.1) is 0 Å². The lowest BCUT2D eigenvalue weighted by Crippen LogP contribution is -2.34. The van der Waals surface area contributed by atoms with Crippen LogP contribution in [0.3, 0.4) is 0 Å². The average molecular weight is 344 g/mol. The summed E-state index contributed by atoms with van der Waals surface area (Å²) in [5.74, 6) is -0.392. The van der Waals surface area contributed by atoms with Gasteiger partial charge in [-0.1, -0.05) is 0 Å². The van der Waals surface area contributed by atoms with E-state index in [4.69, 9.17) is 4.74 Å². The molecule has 2 amide bonds. The van der Waals surface area contributed by atoms with Gasteiger partial charge in [-0.05, 0) is 24.6 Å². The van der Waals surface area contributed by atoms with Crippen molar-refractivity contribution in [2.45, 2.75) is 12.8 Å². The highest BCUT2D eigenvalue weighted by atomic mass is 19.1. The molecule has 0 aliphatic carbocycles.